The number of nitrogens with zero attached hydrogens (tertiary/aromatic N) is 1. The van der Waals surface area contributed by atoms with E-state index in [-0.39, 0.29) is 5.60 Å². The molecule has 102 valence electrons. The summed E-state index contributed by atoms with van der Waals surface area (Å²) < 4.78 is 5.92. The van der Waals surface area contributed by atoms with Crippen LogP contribution >= 0.6 is 11.3 Å². The van der Waals surface area contributed by atoms with Crippen LogP contribution in [0.25, 0.3) is 0 Å². The normalized spacial score (nSPS) is 20.8. The predicted molar refractivity (Wildman–Crippen MR) is 76.2 cm³/mol. The summed E-state index contributed by atoms with van der Waals surface area (Å²) in [6, 6.07) is 0.365. The summed E-state index contributed by atoms with van der Waals surface area (Å²) in [5.41, 5.74) is 1.20. The molecule has 4 heteroatoms. The lowest BCUT2D eigenvalue weighted by molar-refractivity contribution is -0.0658. The van der Waals surface area contributed by atoms with E-state index in [0.29, 0.717) is 6.04 Å². The van der Waals surface area contributed by atoms with Gasteiger partial charge in [0.25, 0.3) is 0 Å². The molecule has 1 N–H and O–H groups in total. The van der Waals surface area contributed by atoms with Crippen molar-refractivity contribution >= 4 is 11.3 Å². The predicted octanol–water partition coefficient (Wildman–Crippen LogP) is 2.93. The van der Waals surface area contributed by atoms with E-state index < -0.39 is 0 Å². The second-order valence-corrected chi connectivity index (χ2v) is 6.30. The van der Waals surface area contributed by atoms with Crippen LogP contribution in [-0.2, 0) is 11.2 Å². The summed E-state index contributed by atoms with van der Waals surface area (Å²) in [6.45, 7) is 2.06. The molecule has 2 rings (SSSR count). The number of aryl methyl sites for hydroxylation is 1. The van der Waals surface area contributed by atoms with Crippen LogP contribution in [0.3, 0.4) is 0 Å². The Morgan fingerprint density at radius 3 is 2.67 bits per heavy atom. The maximum absolute atomic E-state index is 5.92. The van der Waals surface area contributed by atoms with E-state index in [9.17, 15) is 0 Å². The number of ether oxygens (including phenoxy) is 1. The summed E-state index contributed by atoms with van der Waals surface area (Å²) in [4.78, 5) is 4.58. The standard InChI is InChI=1S/C14H24N2OS/c1-11-16-12(10-18-11)9-13(15-2)14(17-3)7-5-4-6-8-14/h10,13,15H,4-9H2,1-3H3. The second kappa shape index (κ2) is 6.13. The number of hydrogen-bond donors (Lipinski definition) is 1. The van der Waals surface area contributed by atoms with Crippen molar-refractivity contribution in [2.45, 2.75) is 57.1 Å². The Morgan fingerprint density at radius 1 is 1.44 bits per heavy atom. The van der Waals surface area contributed by atoms with Gasteiger partial charge in [-0.3, -0.25) is 0 Å². The van der Waals surface area contributed by atoms with Crippen molar-refractivity contribution in [1.29, 1.82) is 0 Å². The van der Waals surface area contributed by atoms with E-state index in [4.69, 9.17) is 4.74 Å². The third-order valence-electron chi connectivity index (χ3n) is 4.17. The fourth-order valence-corrected chi connectivity index (χ4v) is 3.73. The van der Waals surface area contributed by atoms with Crippen molar-refractivity contribution in [2.24, 2.45) is 0 Å². The molecule has 18 heavy (non-hydrogen) atoms. The Bertz CT molecular complexity index is 372. The molecule has 1 aliphatic carbocycles. The van der Waals surface area contributed by atoms with Crippen LogP contribution in [0.2, 0.25) is 0 Å². The van der Waals surface area contributed by atoms with Crippen molar-refractivity contribution < 1.29 is 4.74 Å². The van der Waals surface area contributed by atoms with Gasteiger partial charge in [0.1, 0.15) is 0 Å². The van der Waals surface area contributed by atoms with Crippen LogP contribution in [-0.4, -0.2) is 30.8 Å². The largest absolute Gasteiger partial charge is 0.377 e. The summed E-state index contributed by atoms with van der Waals surface area (Å²) in [5, 5.41) is 6.78. The molecule has 0 aliphatic heterocycles. The van der Waals surface area contributed by atoms with Gasteiger partial charge in [0.2, 0.25) is 0 Å². The van der Waals surface area contributed by atoms with E-state index in [0.717, 1.165) is 24.3 Å². The van der Waals surface area contributed by atoms with Gasteiger partial charge in [-0.05, 0) is 26.8 Å². The molecule has 0 spiro atoms. The number of hydrogen-bond acceptors (Lipinski definition) is 4. The maximum atomic E-state index is 5.92. The number of thiazole rings is 1. The van der Waals surface area contributed by atoms with Gasteiger partial charge < -0.3 is 10.1 Å². The molecule has 1 aliphatic rings. The molecule has 0 radical (unpaired) electrons. The minimum Gasteiger partial charge on any atom is -0.377 e. The molecule has 0 bridgehead atoms. The first kappa shape index (κ1) is 14.0. The van der Waals surface area contributed by atoms with Gasteiger partial charge in [-0.2, -0.15) is 0 Å². The first-order chi connectivity index (χ1) is 8.70. The fraction of sp³-hybridized carbons (Fsp3) is 0.786. The highest BCUT2D eigenvalue weighted by molar-refractivity contribution is 7.09. The Morgan fingerprint density at radius 2 is 2.17 bits per heavy atom. The molecule has 0 aromatic carbocycles. The van der Waals surface area contributed by atoms with Gasteiger partial charge >= 0.3 is 0 Å². The van der Waals surface area contributed by atoms with Gasteiger partial charge in [0, 0.05) is 25.0 Å². The molecule has 1 aromatic heterocycles. The summed E-state index contributed by atoms with van der Waals surface area (Å²) in [5.74, 6) is 0. The zero-order chi connectivity index (χ0) is 13.0. The number of nitrogens with one attached hydrogen (secondary N) is 1. The molecule has 0 saturated heterocycles. The van der Waals surface area contributed by atoms with E-state index in [1.54, 1.807) is 11.3 Å². The average molecular weight is 268 g/mol. The van der Waals surface area contributed by atoms with Crippen molar-refractivity contribution in [2.75, 3.05) is 14.2 Å². The quantitative estimate of drug-likeness (QED) is 0.891. The third kappa shape index (κ3) is 2.92. The molecule has 1 heterocycles. The monoisotopic (exact) mass is 268 g/mol. The van der Waals surface area contributed by atoms with Crippen LogP contribution in [0, 0.1) is 6.92 Å². The van der Waals surface area contributed by atoms with Crippen molar-refractivity contribution in [3.8, 4) is 0 Å². The lowest BCUT2D eigenvalue weighted by Gasteiger charge is -2.42. The minimum atomic E-state index is 0.00449. The Labute approximate surface area is 114 Å². The van der Waals surface area contributed by atoms with Crippen molar-refractivity contribution in [3.63, 3.8) is 0 Å². The highest BCUT2D eigenvalue weighted by Gasteiger charge is 2.39. The average Bonchev–Trinajstić information content (AvgIpc) is 2.82. The molecule has 1 atom stereocenters. The molecule has 1 saturated carbocycles. The van der Waals surface area contributed by atoms with Gasteiger partial charge in [0.15, 0.2) is 0 Å². The van der Waals surface area contributed by atoms with Gasteiger partial charge in [-0.15, -0.1) is 11.3 Å². The molecular formula is C14H24N2OS. The topological polar surface area (TPSA) is 34.2 Å². The summed E-state index contributed by atoms with van der Waals surface area (Å²) >= 11 is 1.73. The zero-order valence-corrected chi connectivity index (χ0v) is 12.5. The van der Waals surface area contributed by atoms with Gasteiger partial charge in [-0.1, -0.05) is 19.3 Å². The number of likely N-dealkylation sites (N-methyl/N-ethyl adjacent to an activating group) is 1. The molecule has 1 fully saturated rings. The number of aromatic nitrogens is 1. The van der Waals surface area contributed by atoms with Crippen molar-refractivity contribution in [1.82, 2.24) is 10.3 Å². The van der Waals surface area contributed by atoms with E-state index in [1.165, 1.54) is 25.0 Å². The molecule has 1 aromatic rings. The van der Waals surface area contributed by atoms with E-state index >= 15 is 0 Å². The van der Waals surface area contributed by atoms with Gasteiger partial charge in [-0.25, -0.2) is 4.98 Å². The van der Waals surface area contributed by atoms with Crippen LogP contribution in [0.1, 0.15) is 42.8 Å². The Kier molecular flexibility index (Phi) is 4.76. The van der Waals surface area contributed by atoms with Crippen LogP contribution in [0.5, 0.6) is 0 Å². The number of rotatable bonds is 5. The molecule has 1 unspecified atom stereocenters. The smallest absolute Gasteiger partial charge is 0.0897 e. The highest BCUT2D eigenvalue weighted by atomic mass is 32.1. The SMILES string of the molecule is CNC(Cc1csc(C)n1)C1(OC)CCCCC1. The van der Waals surface area contributed by atoms with Crippen LogP contribution in [0.15, 0.2) is 5.38 Å². The molecular weight excluding hydrogens is 244 g/mol. The minimum absolute atomic E-state index is 0.00449. The van der Waals surface area contributed by atoms with Gasteiger partial charge in [0.05, 0.1) is 16.3 Å². The maximum Gasteiger partial charge on any atom is 0.0897 e. The van der Waals surface area contributed by atoms with Crippen molar-refractivity contribution in [3.05, 3.63) is 16.1 Å². The highest BCUT2D eigenvalue weighted by Crippen LogP contribution is 2.35. The second-order valence-electron chi connectivity index (χ2n) is 5.23. The lowest BCUT2D eigenvalue weighted by Crippen LogP contribution is -2.53. The van der Waals surface area contributed by atoms with E-state index in [1.807, 2.05) is 14.2 Å². The Balaban J connectivity index is 2.10. The molecule has 0 amide bonds. The number of methoxy groups -OCH3 is 1. The van der Waals surface area contributed by atoms with E-state index in [2.05, 4.69) is 22.6 Å². The first-order valence-corrected chi connectivity index (χ1v) is 7.71. The van der Waals surface area contributed by atoms with Crippen LogP contribution < -0.4 is 5.32 Å². The van der Waals surface area contributed by atoms with Crippen LogP contribution in [0.4, 0.5) is 0 Å². The first-order valence-electron chi connectivity index (χ1n) is 6.83. The lowest BCUT2D eigenvalue weighted by atomic mass is 9.77. The fourth-order valence-electron chi connectivity index (χ4n) is 3.11. The summed E-state index contributed by atoms with van der Waals surface area (Å²) in [7, 11) is 3.90. The summed E-state index contributed by atoms with van der Waals surface area (Å²) in [6.07, 6.45) is 7.20. The Hall–Kier alpha value is -0.450. The third-order valence-corrected chi connectivity index (χ3v) is 4.99. The zero-order valence-electron chi connectivity index (χ0n) is 11.7. The molecule has 3 nitrogen and oxygen atoms in total.